The van der Waals surface area contributed by atoms with E-state index in [1.807, 2.05) is 11.5 Å². The minimum atomic E-state index is -4.51. The summed E-state index contributed by atoms with van der Waals surface area (Å²) in [6, 6.07) is 8.19. The molecule has 1 aromatic heterocycles. The number of fused-ring (bicyclic) bond motifs is 1. The molecular weight excluding hydrogens is 416 g/mol. The zero-order chi connectivity index (χ0) is 21.1. The number of hydrogen-bond acceptors (Lipinski definition) is 3. The van der Waals surface area contributed by atoms with Gasteiger partial charge in [-0.2, -0.15) is 13.2 Å². The van der Waals surface area contributed by atoms with Crippen LogP contribution in [0.4, 0.5) is 17.6 Å². The van der Waals surface area contributed by atoms with Crippen molar-refractivity contribution >= 4 is 17.7 Å². The number of rotatable bonds is 5. The van der Waals surface area contributed by atoms with Crippen LogP contribution in [0.25, 0.3) is 0 Å². The van der Waals surface area contributed by atoms with E-state index in [1.54, 1.807) is 41.2 Å². The third-order valence-electron chi connectivity index (χ3n) is 6.52. The molecule has 1 aliphatic heterocycles. The lowest BCUT2D eigenvalue weighted by Crippen LogP contribution is -2.42. The summed E-state index contributed by atoms with van der Waals surface area (Å²) < 4.78 is 54.4. The van der Waals surface area contributed by atoms with Gasteiger partial charge in [0.2, 0.25) is 5.91 Å². The third kappa shape index (κ3) is 2.72. The largest absolute Gasteiger partial charge is 0.416 e. The number of carbonyl (C=O) groups is 1. The molecule has 4 atom stereocenters. The van der Waals surface area contributed by atoms with Gasteiger partial charge in [-0.3, -0.25) is 9.78 Å². The molecule has 3 aliphatic rings. The van der Waals surface area contributed by atoms with Crippen LogP contribution in [0, 0.1) is 5.41 Å². The van der Waals surface area contributed by atoms with Gasteiger partial charge >= 0.3 is 6.18 Å². The number of hydrogen-bond donors (Lipinski definition) is 0. The standard InChI is InChI=1S/C22H18F4N2OS/c23-18-20(15-2-1-3-16(10-15)22(24,25)26)13-21(18,20)19(29)28(17-6-9-30-12-17)11-14-4-7-27-8-5-14/h1-10,17-18H,11-13H2. The number of alkyl halides is 4. The summed E-state index contributed by atoms with van der Waals surface area (Å²) in [6.45, 7) is 0.310. The van der Waals surface area contributed by atoms with Crippen molar-refractivity contribution in [2.24, 2.45) is 5.41 Å². The van der Waals surface area contributed by atoms with E-state index in [1.165, 1.54) is 12.1 Å². The molecule has 30 heavy (non-hydrogen) atoms. The summed E-state index contributed by atoms with van der Waals surface area (Å²) >= 11 is 1.58. The lowest BCUT2D eigenvalue weighted by Gasteiger charge is -2.29. The fourth-order valence-corrected chi connectivity index (χ4v) is 5.57. The predicted octanol–water partition coefficient (Wildman–Crippen LogP) is 4.74. The fraction of sp³-hybridized carbons (Fsp3) is 0.364. The van der Waals surface area contributed by atoms with E-state index in [2.05, 4.69) is 4.98 Å². The Labute approximate surface area is 175 Å². The first-order valence-electron chi connectivity index (χ1n) is 9.61. The van der Waals surface area contributed by atoms with Gasteiger partial charge in [0.05, 0.1) is 17.0 Å². The highest BCUT2D eigenvalue weighted by Gasteiger charge is 2.97. The lowest BCUT2D eigenvalue weighted by molar-refractivity contribution is -0.138. The van der Waals surface area contributed by atoms with Gasteiger partial charge < -0.3 is 4.90 Å². The summed E-state index contributed by atoms with van der Waals surface area (Å²) in [4.78, 5) is 19.2. The normalized spacial score (nSPS) is 31.3. The maximum absolute atomic E-state index is 15.1. The van der Waals surface area contributed by atoms with Crippen molar-refractivity contribution in [3.8, 4) is 0 Å². The quantitative estimate of drug-likeness (QED) is 0.638. The molecule has 2 heterocycles. The molecule has 2 fully saturated rings. The molecule has 2 aliphatic carbocycles. The first-order valence-corrected chi connectivity index (χ1v) is 10.7. The molecule has 1 aromatic carbocycles. The van der Waals surface area contributed by atoms with E-state index >= 15 is 4.39 Å². The average molecular weight is 434 g/mol. The number of benzene rings is 1. The number of aromatic nitrogens is 1. The van der Waals surface area contributed by atoms with Crippen LogP contribution < -0.4 is 0 Å². The maximum Gasteiger partial charge on any atom is 0.416 e. The second kappa shape index (κ2) is 6.57. The van der Waals surface area contributed by atoms with Gasteiger partial charge in [0.25, 0.3) is 0 Å². The van der Waals surface area contributed by atoms with Gasteiger partial charge in [-0.15, -0.1) is 11.8 Å². The summed E-state index contributed by atoms with van der Waals surface area (Å²) in [5.41, 5.74) is -2.05. The molecule has 0 saturated heterocycles. The van der Waals surface area contributed by atoms with Gasteiger partial charge in [-0.05, 0) is 41.2 Å². The second-order valence-electron chi connectivity index (χ2n) is 8.08. The Hall–Kier alpha value is -2.35. The minimum Gasteiger partial charge on any atom is -0.330 e. The molecular formula is C22H18F4N2OS. The van der Waals surface area contributed by atoms with E-state index < -0.39 is 28.7 Å². The Morgan fingerprint density at radius 1 is 1.23 bits per heavy atom. The average Bonchev–Trinajstić information content (AvgIpc) is 3.46. The van der Waals surface area contributed by atoms with E-state index in [9.17, 15) is 18.0 Å². The van der Waals surface area contributed by atoms with Crippen molar-refractivity contribution in [1.29, 1.82) is 0 Å². The molecule has 8 heteroatoms. The molecule has 156 valence electrons. The van der Waals surface area contributed by atoms with Crippen LogP contribution in [-0.4, -0.2) is 33.8 Å². The zero-order valence-electron chi connectivity index (χ0n) is 15.8. The van der Waals surface area contributed by atoms with Gasteiger partial charge in [0.15, 0.2) is 0 Å². The summed E-state index contributed by atoms with van der Waals surface area (Å²) in [5.74, 6) is 0.363. The summed E-state index contributed by atoms with van der Waals surface area (Å²) in [6.07, 6.45) is -0.529. The highest BCUT2D eigenvalue weighted by Crippen LogP contribution is 2.87. The highest BCUT2D eigenvalue weighted by molar-refractivity contribution is 8.02. The van der Waals surface area contributed by atoms with Crippen molar-refractivity contribution in [3.05, 3.63) is 77.0 Å². The van der Waals surface area contributed by atoms with Crippen LogP contribution in [0.1, 0.15) is 23.1 Å². The number of halogens is 4. The SMILES string of the molecule is O=C(N(Cc1ccncc1)C1C=CSC1)C12CC1(c1cccc(C(F)(F)F)c1)C2F. The van der Waals surface area contributed by atoms with Crippen LogP contribution >= 0.6 is 11.8 Å². The number of thioether (sulfide) groups is 1. The van der Waals surface area contributed by atoms with Crippen LogP contribution in [0.15, 0.2) is 60.3 Å². The van der Waals surface area contributed by atoms with E-state index in [4.69, 9.17) is 0 Å². The Balaban J connectivity index is 1.45. The molecule has 0 spiro atoms. The Bertz CT molecular complexity index is 1030. The number of amides is 1. The smallest absolute Gasteiger partial charge is 0.330 e. The number of nitrogens with zero attached hydrogens (tertiary/aromatic N) is 2. The van der Waals surface area contributed by atoms with Gasteiger partial charge in [-0.25, -0.2) is 4.39 Å². The first kappa shape index (κ1) is 19.6. The number of pyridine rings is 1. The van der Waals surface area contributed by atoms with Crippen LogP contribution in [0.3, 0.4) is 0 Å². The fourth-order valence-electron chi connectivity index (χ4n) is 4.68. The van der Waals surface area contributed by atoms with E-state index in [0.717, 1.165) is 17.7 Å². The Morgan fingerprint density at radius 3 is 2.63 bits per heavy atom. The first-order chi connectivity index (χ1) is 14.3. The Kier molecular flexibility index (Phi) is 4.29. The van der Waals surface area contributed by atoms with Crippen molar-refractivity contribution in [2.75, 3.05) is 5.75 Å². The minimum absolute atomic E-state index is 0.169. The molecule has 5 rings (SSSR count). The molecule has 0 bridgehead atoms. The highest BCUT2D eigenvalue weighted by atomic mass is 32.2. The van der Waals surface area contributed by atoms with Crippen molar-refractivity contribution in [3.63, 3.8) is 0 Å². The third-order valence-corrected chi connectivity index (χ3v) is 7.41. The van der Waals surface area contributed by atoms with Gasteiger partial charge in [0, 0.05) is 30.1 Å². The second-order valence-corrected chi connectivity index (χ2v) is 9.02. The van der Waals surface area contributed by atoms with Crippen molar-refractivity contribution < 1.29 is 22.4 Å². The predicted molar refractivity (Wildman–Crippen MR) is 105 cm³/mol. The van der Waals surface area contributed by atoms with Crippen LogP contribution in [-0.2, 0) is 22.9 Å². The lowest BCUT2D eigenvalue weighted by atomic mass is 10.0. The number of carbonyl (C=O) groups excluding carboxylic acids is 1. The van der Waals surface area contributed by atoms with Crippen molar-refractivity contribution in [2.45, 2.75) is 36.8 Å². The summed E-state index contributed by atoms with van der Waals surface area (Å²) in [5, 5.41) is 1.92. The maximum atomic E-state index is 15.1. The molecule has 0 N–H and O–H groups in total. The molecule has 2 saturated carbocycles. The molecule has 1 amide bonds. The van der Waals surface area contributed by atoms with E-state index in [-0.39, 0.29) is 23.9 Å². The van der Waals surface area contributed by atoms with Crippen LogP contribution in [0.5, 0.6) is 0 Å². The van der Waals surface area contributed by atoms with Crippen LogP contribution in [0.2, 0.25) is 0 Å². The Morgan fingerprint density at radius 2 is 2.00 bits per heavy atom. The van der Waals surface area contributed by atoms with Gasteiger partial charge in [0.1, 0.15) is 6.17 Å². The molecule has 4 unspecified atom stereocenters. The van der Waals surface area contributed by atoms with E-state index in [0.29, 0.717) is 12.3 Å². The topological polar surface area (TPSA) is 33.2 Å². The molecule has 0 radical (unpaired) electrons. The van der Waals surface area contributed by atoms with Gasteiger partial charge in [-0.1, -0.05) is 24.3 Å². The molecule has 2 aromatic rings. The zero-order valence-corrected chi connectivity index (χ0v) is 16.6. The summed E-state index contributed by atoms with van der Waals surface area (Å²) in [7, 11) is 0. The monoisotopic (exact) mass is 434 g/mol. The molecule has 3 nitrogen and oxygen atoms in total. The van der Waals surface area contributed by atoms with Crippen molar-refractivity contribution in [1.82, 2.24) is 9.88 Å².